The molecule has 0 spiro atoms. The van der Waals surface area contributed by atoms with Crippen molar-refractivity contribution in [1.82, 2.24) is 10.6 Å². The van der Waals surface area contributed by atoms with E-state index >= 15 is 0 Å². The molecule has 4 heteroatoms. The molecule has 2 rings (SSSR count). The average molecular weight is 290 g/mol. The van der Waals surface area contributed by atoms with Crippen molar-refractivity contribution in [2.24, 2.45) is 0 Å². The van der Waals surface area contributed by atoms with E-state index in [1.54, 1.807) is 0 Å². The fourth-order valence-electron chi connectivity index (χ4n) is 2.69. The van der Waals surface area contributed by atoms with Gasteiger partial charge in [-0.3, -0.25) is 4.79 Å². The first-order chi connectivity index (χ1) is 10.1. The first-order valence-electron chi connectivity index (χ1n) is 7.83. The molecule has 1 saturated heterocycles. The van der Waals surface area contributed by atoms with Crippen LogP contribution in [0.3, 0.4) is 0 Å². The third kappa shape index (κ3) is 4.74. The van der Waals surface area contributed by atoms with Crippen molar-refractivity contribution in [1.29, 1.82) is 0 Å². The lowest BCUT2D eigenvalue weighted by Crippen LogP contribution is -2.52. The number of piperidine rings is 1. The van der Waals surface area contributed by atoms with Gasteiger partial charge in [-0.25, -0.2) is 0 Å². The average Bonchev–Trinajstić information content (AvgIpc) is 2.43. The second-order valence-corrected chi connectivity index (χ2v) is 6.01. The van der Waals surface area contributed by atoms with Crippen LogP contribution in [-0.4, -0.2) is 30.6 Å². The highest BCUT2D eigenvalue weighted by molar-refractivity contribution is 5.79. The van der Waals surface area contributed by atoms with Crippen molar-refractivity contribution in [3.8, 4) is 5.75 Å². The van der Waals surface area contributed by atoms with Crippen LogP contribution >= 0.6 is 0 Å². The Morgan fingerprint density at radius 2 is 2.19 bits per heavy atom. The van der Waals surface area contributed by atoms with Crippen molar-refractivity contribution in [3.63, 3.8) is 0 Å². The first-order valence-corrected chi connectivity index (χ1v) is 7.83. The largest absolute Gasteiger partial charge is 0.491 e. The van der Waals surface area contributed by atoms with Gasteiger partial charge in [0.15, 0.2) is 0 Å². The van der Waals surface area contributed by atoms with E-state index < -0.39 is 0 Å². The van der Waals surface area contributed by atoms with Crippen LogP contribution in [0.2, 0.25) is 0 Å². The molecule has 1 aliphatic rings. The fourth-order valence-corrected chi connectivity index (χ4v) is 2.69. The Morgan fingerprint density at radius 3 is 2.90 bits per heavy atom. The highest BCUT2D eigenvalue weighted by atomic mass is 16.5. The van der Waals surface area contributed by atoms with Crippen LogP contribution < -0.4 is 15.4 Å². The number of hydrogen-bond acceptors (Lipinski definition) is 3. The number of hydrogen-bond donors (Lipinski definition) is 2. The fraction of sp³-hybridized carbons (Fsp3) is 0.588. The molecule has 1 aromatic carbocycles. The van der Waals surface area contributed by atoms with Gasteiger partial charge in [0, 0.05) is 17.6 Å². The summed E-state index contributed by atoms with van der Waals surface area (Å²) in [5.41, 5.74) is 0.945. The summed E-state index contributed by atoms with van der Waals surface area (Å²) in [4.78, 5) is 12.3. The third-order valence-corrected chi connectivity index (χ3v) is 3.79. The van der Waals surface area contributed by atoms with Gasteiger partial charge < -0.3 is 15.4 Å². The van der Waals surface area contributed by atoms with Gasteiger partial charge in [-0.15, -0.1) is 0 Å². The highest BCUT2D eigenvalue weighted by Gasteiger charge is 2.22. The number of carbonyl (C=O) groups is 1. The van der Waals surface area contributed by atoms with E-state index in [-0.39, 0.29) is 18.1 Å². The Labute approximate surface area is 127 Å². The third-order valence-electron chi connectivity index (χ3n) is 3.79. The lowest BCUT2D eigenvalue weighted by atomic mass is 9.99. The van der Waals surface area contributed by atoms with Gasteiger partial charge in [-0.05, 0) is 46.2 Å². The molecule has 2 atom stereocenters. The normalized spacial score (nSPS) is 22.1. The van der Waals surface area contributed by atoms with Gasteiger partial charge in [-0.2, -0.15) is 0 Å². The monoisotopic (exact) mass is 290 g/mol. The summed E-state index contributed by atoms with van der Waals surface area (Å²) in [6, 6.07) is 8.33. The van der Waals surface area contributed by atoms with Gasteiger partial charge in [-0.1, -0.05) is 18.2 Å². The van der Waals surface area contributed by atoms with Crippen molar-refractivity contribution < 1.29 is 9.53 Å². The molecule has 0 saturated carbocycles. The molecule has 1 fully saturated rings. The lowest BCUT2D eigenvalue weighted by molar-refractivity contribution is -0.121. The van der Waals surface area contributed by atoms with Crippen LogP contribution in [0.15, 0.2) is 24.3 Å². The van der Waals surface area contributed by atoms with Crippen LogP contribution in [0.5, 0.6) is 5.75 Å². The molecule has 1 aromatic rings. The number of ether oxygens (including phenoxy) is 1. The summed E-state index contributed by atoms with van der Waals surface area (Å²) in [5.74, 6) is 0.868. The zero-order valence-electron chi connectivity index (χ0n) is 13.2. The van der Waals surface area contributed by atoms with Crippen molar-refractivity contribution in [2.75, 3.05) is 6.54 Å². The standard InChI is InChI=1S/C17H26N2O2/c1-12(2)21-16-9-5-4-7-14(16)11-17(20)19-15-8-6-10-18-13(15)3/h4-5,7,9,12-13,15,18H,6,8,10-11H2,1-3H3,(H,19,20). The second-order valence-electron chi connectivity index (χ2n) is 6.01. The minimum absolute atomic E-state index is 0.0651. The van der Waals surface area contributed by atoms with Crippen molar-refractivity contribution in [3.05, 3.63) is 29.8 Å². The summed E-state index contributed by atoms with van der Waals surface area (Å²) in [5, 5.41) is 6.54. The smallest absolute Gasteiger partial charge is 0.224 e. The van der Waals surface area contributed by atoms with Crippen LogP contribution in [-0.2, 0) is 11.2 Å². The molecular weight excluding hydrogens is 264 g/mol. The number of carbonyl (C=O) groups excluding carboxylic acids is 1. The van der Waals surface area contributed by atoms with Crippen LogP contribution in [0.25, 0.3) is 0 Å². The molecule has 1 heterocycles. The molecule has 116 valence electrons. The lowest BCUT2D eigenvalue weighted by Gasteiger charge is -2.30. The van der Waals surface area contributed by atoms with Crippen LogP contribution in [0, 0.1) is 0 Å². The summed E-state index contributed by atoms with van der Waals surface area (Å²) < 4.78 is 5.76. The Balaban J connectivity index is 1.96. The summed E-state index contributed by atoms with van der Waals surface area (Å²) in [7, 11) is 0. The van der Waals surface area contributed by atoms with E-state index in [4.69, 9.17) is 4.74 Å². The van der Waals surface area contributed by atoms with Crippen LogP contribution in [0.4, 0.5) is 0 Å². The molecule has 2 N–H and O–H groups in total. The first kappa shape index (κ1) is 15.8. The van der Waals surface area contributed by atoms with Gasteiger partial charge in [0.2, 0.25) is 5.91 Å². The quantitative estimate of drug-likeness (QED) is 0.874. The van der Waals surface area contributed by atoms with E-state index in [2.05, 4.69) is 17.6 Å². The van der Waals surface area contributed by atoms with Gasteiger partial charge in [0.05, 0.1) is 12.5 Å². The minimum atomic E-state index is 0.0651. The zero-order valence-corrected chi connectivity index (χ0v) is 13.2. The van der Waals surface area contributed by atoms with Gasteiger partial charge in [0.1, 0.15) is 5.75 Å². The van der Waals surface area contributed by atoms with E-state index in [0.29, 0.717) is 12.5 Å². The maximum Gasteiger partial charge on any atom is 0.224 e. The van der Waals surface area contributed by atoms with Gasteiger partial charge >= 0.3 is 0 Å². The molecule has 4 nitrogen and oxygen atoms in total. The number of para-hydroxylation sites is 1. The minimum Gasteiger partial charge on any atom is -0.491 e. The molecule has 21 heavy (non-hydrogen) atoms. The predicted molar refractivity (Wildman–Crippen MR) is 84.5 cm³/mol. The molecule has 2 unspecified atom stereocenters. The molecule has 1 amide bonds. The molecular formula is C17H26N2O2. The molecule has 0 aromatic heterocycles. The maximum atomic E-state index is 12.3. The Bertz CT molecular complexity index is 474. The molecule has 0 radical (unpaired) electrons. The van der Waals surface area contributed by atoms with Crippen molar-refractivity contribution >= 4 is 5.91 Å². The van der Waals surface area contributed by atoms with E-state index in [0.717, 1.165) is 30.7 Å². The number of amides is 1. The summed E-state index contributed by atoms with van der Waals surface area (Å²) in [6.45, 7) is 7.15. The van der Waals surface area contributed by atoms with E-state index in [9.17, 15) is 4.79 Å². The molecule has 1 aliphatic heterocycles. The predicted octanol–water partition coefficient (Wildman–Crippen LogP) is 2.27. The number of nitrogens with one attached hydrogen (secondary N) is 2. The zero-order chi connectivity index (χ0) is 15.2. The summed E-state index contributed by atoms with van der Waals surface area (Å²) >= 11 is 0. The Kier molecular flexibility index (Phi) is 5.62. The SMILES string of the molecule is CC(C)Oc1ccccc1CC(=O)NC1CCCNC1C. The Hall–Kier alpha value is -1.55. The van der Waals surface area contributed by atoms with Gasteiger partial charge in [0.25, 0.3) is 0 Å². The van der Waals surface area contributed by atoms with Crippen LogP contribution in [0.1, 0.15) is 39.2 Å². The van der Waals surface area contributed by atoms with E-state index in [1.165, 1.54) is 0 Å². The number of rotatable bonds is 5. The second kappa shape index (κ2) is 7.46. The molecule has 0 aliphatic carbocycles. The molecule has 0 bridgehead atoms. The highest BCUT2D eigenvalue weighted by Crippen LogP contribution is 2.20. The van der Waals surface area contributed by atoms with Crippen molar-refractivity contribution in [2.45, 2.75) is 58.2 Å². The summed E-state index contributed by atoms with van der Waals surface area (Å²) in [6.07, 6.45) is 2.63. The number of benzene rings is 1. The maximum absolute atomic E-state index is 12.3. The Morgan fingerprint density at radius 1 is 1.43 bits per heavy atom. The topological polar surface area (TPSA) is 50.4 Å². The van der Waals surface area contributed by atoms with E-state index in [1.807, 2.05) is 38.1 Å².